The van der Waals surface area contributed by atoms with Crippen molar-refractivity contribution >= 4 is 16.7 Å². The summed E-state index contributed by atoms with van der Waals surface area (Å²) in [4.78, 5) is 25.3. The van der Waals surface area contributed by atoms with Gasteiger partial charge in [0.05, 0.1) is 23.9 Å². The molecule has 0 amide bonds. The Morgan fingerprint density at radius 3 is 2.60 bits per heavy atom. The van der Waals surface area contributed by atoms with Gasteiger partial charge in [0.15, 0.2) is 0 Å². The zero-order valence-corrected chi connectivity index (χ0v) is 16.4. The first-order valence-electron chi connectivity index (χ1n) is 9.72. The smallest absolute Gasteiger partial charge is 0.380 e. The fourth-order valence-electron chi connectivity index (χ4n) is 3.75. The van der Waals surface area contributed by atoms with Crippen LogP contribution in [0.1, 0.15) is 25.7 Å². The molecule has 0 unspecified atom stereocenters. The Kier molecular flexibility index (Phi) is 5.46. The molecule has 0 spiro atoms. The van der Waals surface area contributed by atoms with Crippen LogP contribution in [-0.2, 0) is 7.05 Å². The Morgan fingerprint density at radius 1 is 1.20 bits per heavy atom. The predicted octanol–water partition coefficient (Wildman–Crippen LogP) is 2.39. The summed E-state index contributed by atoms with van der Waals surface area (Å²) in [6, 6.07) is 1.40. The molecule has 0 aromatic carbocycles. The van der Waals surface area contributed by atoms with E-state index in [1.54, 1.807) is 36.5 Å². The van der Waals surface area contributed by atoms with Crippen LogP contribution < -0.4 is 16.2 Å². The number of pyridine rings is 1. The Balaban J connectivity index is 1.53. The zero-order valence-electron chi connectivity index (χ0n) is 16.4. The molecule has 0 saturated heterocycles. The molecule has 8 nitrogen and oxygen atoms in total. The predicted molar refractivity (Wildman–Crippen MR) is 106 cm³/mol. The summed E-state index contributed by atoms with van der Waals surface area (Å²) in [6.45, 7) is -0.969. The highest BCUT2D eigenvalue weighted by molar-refractivity contribution is 5.87. The van der Waals surface area contributed by atoms with Crippen molar-refractivity contribution in [1.82, 2.24) is 29.4 Å². The Bertz CT molecular complexity index is 1070. The highest BCUT2D eigenvalue weighted by Crippen LogP contribution is 2.26. The van der Waals surface area contributed by atoms with E-state index in [0.29, 0.717) is 48.4 Å². The van der Waals surface area contributed by atoms with Crippen molar-refractivity contribution in [3.63, 3.8) is 0 Å². The molecular formula is C19H22F3N7O. The molecule has 1 aliphatic rings. The third-order valence-corrected chi connectivity index (χ3v) is 5.38. The number of halogens is 3. The lowest BCUT2D eigenvalue weighted by molar-refractivity contribution is -0.126. The van der Waals surface area contributed by atoms with E-state index in [0.717, 1.165) is 0 Å². The van der Waals surface area contributed by atoms with Gasteiger partial charge in [0.1, 0.15) is 11.8 Å². The van der Waals surface area contributed by atoms with Crippen molar-refractivity contribution in [3.8, 4) is 5.95 Å². The monoisotopic (exact) mass is 421 g/mol. The van der Waals surface area contributed by atoms with Gasteiger partial charge >= 0.3 is 6.18 Å². The highest BCUT2D eigenvalue weighted by Gasteiger charge is 2.29. The fraction of sp³-hybridized carbons (Fsp3) is 0.474. The third kappa shape index (κ3) is 4.45. The van der Waals surface area contributed by atoms with Crippen LogP contribution in [0.2, 0.25) is 0 Å². The number of alkyl halides is 3. The molecule has 11 heteroatoms. The minimum absolute atomic E-state index is 0.0518. The molecule has 1 saturated carbocycles. The van der Waals surface area contributed by atoms with Gasteiger partial charge in [-0.1, -0.05) is 0 Å². The van der Waals surface area contributed by atoms with Gasteiger partial charge < -0.3 is 15.2 Å². The first kappa shape index (κ1) is 20.3. The molecule has 3 heterocycles. The summed E-state index contributed by atoms with van der Waals surface area (Å²) in [7, 11) is 1.66. The number of nitrogens with zero attached hydrogens (tertiary/aromatic N) is 5. The second-order valence-electron chi connectivity index (χ2n) is 7.52. The number of fused-ring (bicyclic) bond motifs is 1. The number of nitrogens with one attached hydrogen (secondary N) is 2. The second kappa shape index (κ2) is 8.05. The van der Waals surface area contributed by atoms with Gasteiger partial charge in [-0.05, 0) is 25.7 Å². The molecule has 3 aromatic rings. The topological polar surface area (TPSA) is 89.7 Å². The standard InChI is InChI=1S/C19H22F3N7O/c1-28-15-9-24-18(29-7-6-23-11-29)27-17(15)14(8-16(28)30)26-13-4-2-12(3-5-13)25-10-19(20,21)22/h6-9,11-13,25-26H,2-5,10H2,1H3/t12-,13-. The number of imidazole rings is 1. The van der Waals surface area contributed by atoms with Crippen molar-refractivity contribution in [3.05, 3.63) is 41.3 Å². The first-order valence-corrected chi connectivity index (χ1v) is 9.72. The Morgan fingerprint density at radius 2 is 1.93 bits per heavy atom. The SMILES string of the molecule is Cn1c(=O)cc(N[C@H]2CC[C@H](NCC(F)(F)F)CC2)c2nc(-n3ccnc3)ncc21. The average molecular weight is 421 g/mol. The van der Waals surface area contributed by atoms with Crippen LogP contribution in [0.5, 0.6) is 0 Å². The molecule has 30 heavy (non-hydrogen) atoms. The first-order chi connectivity index (χ1) is 14.3. The molecule has 0 atom stereocenters. The van der Waals surface area contributed by atoms with Gasteiger partial charge in [-0.2, -0.15) is 13.2 Å². The maximum absolute atomic E-state index is 12.4. The van der Waals surface area contributed by atoms with E-state index in [1.807, 2.05) is 0 Å². The van der Waals surface area contributed by atoms with Gasteiger partial charge in [-0.15, -0.1) is 0 Å². The largest absolute Gasteiger partial charge is 0.401 e. The van der Waals surface area contributed by atoms with Crippen LogP contribution >= 0.6 is 0 Å². The molecule has 1 fully saturated rings. The van der Waals surface area contributed by atoms with Crippen LogP contribution in [0.25, 0.3) is 17.0 Å². The van der Waals surface area contributed by atoms with E-state index >= 15 is 0 Å². The molecule has 0 radical (unpaired) electrons. The van der Waals surface area contributed by atoms with Gasteiger partial charge in [0.2, 0.25) is 5.95 Å². The van der Waals surface area contributed by atoms with Crippen molar-refractivity contribution in [1.29, 1.82) is 0 Å². The van der Waals surface area contributed by atoms with Gasteiger partial charge in [0.25, 0.3) is 5.56 Å². The minimum Gasteiger partial charge on any atom is -0.380 e. The fourth-order valence-corrected chi connectivity index (χ4v) is 3.75. The van der Waals surface area contributed by atoms with E-state index in [4.69, 9.17) is 0 Å². The summed E-state index contributed by atoms with van der Waals surface area (Å²) in [5.74, 6) is 0.432. The normalized spacial score (nSPS) is 19.9. The van der Waals surface area contributed by atoms with E-state index in [9.17, 15) is 18.0 Å². The lowest BCUT2D eigenvalue weighted by Crippen LogP contribution is -2.41. The van der Waals surface area contributed by atoms with Gasteiger partial charge in [-0.25, -0.2) is 15.0 Å². The average Bonchev–Trinajstić information content (AvgIpc) is 3.25. The molecule has 0 bridgehead atoms. The molecular weight excluding hydrogens is 399 g/mol. The Hall–Kier alpha value is -2.95. The maximum atomic E-state index is 12.4. The summed E-state index contributed by atoms with van der Waals surface area (Å²) in [5, 5.41) is 5.96. The van der Waals surface area contributed by atoms with Crippen LogP contribution in [0.4, 0.5) is 18.9 Å². The minimum atomic E-state index is -4.20. The number of hydrogen-bond acceptors (Lipinski definition) is 6. The quantitative estimate of drug-likeness (QED) is 0.658. The molecule has 0 aliphatic heterocycles. The van der Waals surface area contributed by atoms with Crippen LogP contribution in [-0.4, -0.2) is 48.9 Å². The van der Waals surface area contributed by atoms with E-state index < -0.39 is 12.7 Å². The van der Waals surface area contributed by atoms with E-state index in [1.165, 1.54) is 10.6 Å². The number of aromatic nitrogens is 5. The number of aryl methyl sites for hydroxylation is 1. The molecule has 3 aromatic heterocycles. The van der Waals surface area contributed by atoms with Gasteiger partial charge in [0, 0.05) is 37.6 Å². The molecule has 160 valence electrons. The molecule has 1 aliphatic carbocycles. The lowest BCUT2D eigenvalue weighted by atomic mass is 9.91. The number of anilines is 1. The van der Waals surface area contributed by atoms with E-state index in [2.05, 4.69) is 25.6 Å². The lowest BCUT2D eigenvalue weighted by Gasteiger charge is -2.30. The van der Waals surface area contributed by atoms with Crippen LogP contribution in [0.15, 0.2) is 35.8 Å². The second-order valence-corrected chi connectivity index (χ2v) is 7.52. The van der Waals surface area contributed by atoms with Crippen molar-refractivity contribution in [2.75, 3.05) is 11.9 Å². The number of hydrogen-bond donors (Lipinski definition) is 2. The zero-order chi connectivity index (χ0) is 21.3. The molecule has 2 N–H and O–H groups in total. The summed E-state index contributed by atoms with van der Waals surface area (Å²) < 4.78 is 40.4. The molecule has 4 rings (SSSR count). The third-order valence-electron chi connectivity index (χ3n) is 5.38. The number of rotatable bonds is 5. The summed E-state index contributed by atoms with van der Waals surface area (Å²) >= 11 is 0. The van der Waals surface area contributed by atoms with Gasteiger partial charge in [-0.3, -0.25) is 9.36 Å². The summed E-state index contributed by atoms with van der Waals surface area (Å²) in [6.07, 6.45) is 5.00. The van der Waals surface area contributed by atoms with Crippen molar-refractivity contribution < 1.29 is 13.2 Å². The van der Waals surface area contributed by atoms with Crippen LogP contribution in [0, 0.1) is 0 Å². The Labute approximate surface area is 170 Å². The summed E-state index contributed by atoms with van der Waals surface area (Å²) in [5.41, 5.74) is 1.61. The van der Waals surface area contributed by atoms with Crippen molar-refractivity contribution in [2.45, 2.75) is 43.9 Å². The van der Waals surface area contributed by atoms with Crippen LogP contribution in [0.3, 0.4) is 0 Å². The van der Waals surface area contributed by atoms with Crippen molar-refractivity contribution in [2.24, 2.45) is 7.05 Å². The maximum Gasteiger partial charge on any atom is 0.401 e. The van der Waals surface area contributed by atoms with E-state index in [-0.39, 0.29) is 17.6 Å². The highest BCUT2D eigenvalue weighted by atomic mass is 19.4.